The van der Waals surface area contributed by atoms with E-state index in [1.54, 1.807) is 16.7 Å². The van der Waals surface area contributed by atoms with Crippen molar-refractivity contribution in [3.63, 3.8) is 0 Å². The quantitative estimate of drug-likeness (QED) is 0.763. The first-order chi connectivity index (χ1) is 7.77. The first kappa shape index (κ1) is 9.59. The first-order valence-electron chi connectivity index (χ1n) is 5.39. The molecule has 0 aliphatic carbocycles. The molecule has 84 valence electrons. The Morgan fingerprint density at radius 2 is 2.31 bits per heavy atom. The number of hydrogen-bond acceptors (Lipinski definition) is 2. The number of nitrogens with zero attached hydrogens (tertiary/aromatic N) is 1. The Kier molecular flexibility index (Phi) is 2.07. The van der Waals surface area contributed by atoms with Crippen molar-refractivity contribution >= 4 is 11.0 Å². The molecule has 1 atom stereocenters. The van der Waals surface area contributed by atoms with Crippen LogP contribution < -0.4 is 11.0 Å². The van der Waals surface area contributed by atoms with Crippen LogP contribution in [0.4, 0.5) is 4.39 Å². The first-order valence-corrected chi connectivity index (χ1v) is 5.39. The number of aromatic amines is 1. The summed E-state index contributed by atoms with van der Waals surface area (Å²) in [4.78, 5) is 14.3. The minimum Gasteiger partial charge on any atom is -0.303 e. The van der Waals surface area contributed by atoms with Crippen molar-refractivity contribution in [3.05, 3.63) is 34.5 Å². The van der Waals surface area contributed by atoms with Gasteiger partial charge in [0.15, 0.2) is 0 Å². The van der Waals surface area contributed by atoms with Crippen molar-refractivity contribution in [2.75, 3.05) is 6.54 Å². The average Bonchev–Trinajstić information content (AvgIpc) is 2.85. The Morgan fingerprint density at radius 1 is 1.44 bits per heavy atom. The molecule has 2 heterocycles. The molecule has 3 rings (SSSR count). The molecule has 1 aliphatic heterocycles. The summed E-state index contributed by atoms with van der Waals surface area (Å²) >= 11 is 0. The highest BCUT2D eigenvalue weighted by Crippen LogP contribution is 2.21. The van der Waals surface area contributed by atoms with Gasteiger partial charge >= 0.3 is 5.69 Å². The van der Waals surface area contributed by atoms with Crippen molar-refractivity contribution < 1.29 is 4.39 Å². The molecule has 1 aromatic heterocycles. The molecule has 2 N–H and O–H groups in total. The monoisotopic (exact) mass is 221 g/mol. The molecule has 1 saturated heterocycles. The van der Waals surface area contributed by atoms with E-state index in [9.17, 15) is 9.18 Å². The molecular formula is C11H12FN3O. The Bertz CT molecular complexity index is 580. The Morgan fingerprint density at radius 3 is 3.06 bits per heavy atom. The van der Waals surface area contributed by atoms with E-state index in [1.165, 1.54) is 6.07 Å². The smallest absolute Gasteiger partial charge is 0.303 e. The molecule has 5 heteroatoms. The van der Waals surface area contributed by atoms with Crippen molar-refractivity contribution in [3.8, 4) is 0 Å². The van der Waals surface area contributed by atoms with E-state index in [0.717, 1.165) is 19.4 Å². The zero-order valence-corrected chi connectivity index (χ0v) is 8.66. The zero-order chi connectivity index (χ0) is 11.1. The molecule has 0 spiro atoms. The Labute approximate surface area is 91.1 Å². The number of rotatable bonds is 1. The Hall–Kier alpha value is -1.62. The number of aromatic nitrogens is 2. The van der Waals surface area contributed by atoms with E-state index in [4.69, 9.17) is 0 Å². The lowest BCUT2D eigenvalue weighted by molar-refractivity contribution is 0.469. The van der Waals surface area contributed by atoms with Crippen LogP contribution >= 0.6 is 0 Å². The summed E-state index contributed by atoms with van der Waals surface area (Å²) in [7, 11) is 0. The SMILES string of the molecule is O=c1[nH]c2c(F)cccc2n1C1CCCN1. The van der Waals surface area contributed by atoms with Gasteiger partial charge in [-0.05, 0) is 31.5 Å². The van der Waals surface area contributed by atoms with Gasteiger partial charge in [0.1, 0.15) is 11.3 Å². The summed E-state index contributed by atoms with van der Waals surface area (Å²) in [6, 6.07) is 4.73. The molecule has 0 amide bonds. The molecule has 1 aliphatic rings. The fraction of sp³-hybridized carbons (Fsp3) is 0.364. The third-order valence-electron chi connectivity index (χ3n) is 3.05. The van der Waals surface area contributed by atoms with Crippen molar-refractivity contribution in [2.24, 2.45) is 0 Å². The van der Waals surface area contributed by atoms with Gasteiger partial charge in [0, 0.05) is 0 Å². The van der Waals surface area contributed by atoms with Crippen molar-refractivity contribution in [2.45, 2.75) is 19.0 Å². The highest BCUT2D eigenvalue weighted by Gasteiger charge is 2.21. The number of hydrogen-bond donors (Lipinski definition) is 2. The number of H-pyrrole nitrogens is 1. The summed E-state index contributed by atoms with van der Waals surface area (Å²) in [6.45, 7) is 0.902. The van der Waals surface area contributed by atoms with Crippen LogP contribution in [-0.4, -0.2) is 16.1 Å². The van der Waals surface area contributed by atoms with Crippen LogP contribution in [-0.2, 0) is 0 Å². The van der Waals surface area contributed by atoms with E-state index < -0.39 is 0 Å². The maximum Gasteiger partial charge on any atom is 0.327 e. The number of nitrogens with one attached hydrogen (secondary N) is 2. The van der Waals surface area contributed by atoms with Gasteiger partial charge in [-0.15, -0.1) is 0 Å². The topological polar surface area (TPSA) is 49.8 Å². The van der Waals surface area contributed by atoms with E-state index in [-0.39, 0.29) is 17.7 Å². The molecule has 0 radical (unpaired) electrons. The normalized spacial score (nSPS) is 20.7. The second-order valence-corrected chi connectivity index (χ2v) is 4.05. The average molecular weight is 221 g/mol. The predicted molar refractivity (Wildman–Crippen MR) is 58.8 cm³/mol. The van der Waals surface area contributed by atoms with Crippen molar-refractivity contribution in [1.82, 2.24) is 14.9 Å². The molecular weight excluding hydrogens is 209 g/mol. The molecule has 0 saturated carbocycles. The maximum atomic E-state index is 13.5. The highest BCUT2D eigenvalue weighted by atomic mass is 19.1. The molecule has 2 aromatic rings. The van der Waals surface area contributed by atoms with E-state index in [0.29, 0.717) is 11.0 Å². The van der Waals surface area contributed by atoms with Gasteiger partial charge in [0.2, 0.25) is 0 Å². The number of imidazole rings is 1. The number of halogens is 1. The third kappa shape index (κ3) is 1.28. The van der Waals surface area contributed by atoms with Crippen LogP contribution in [0.3, 0.4) is 0 Å². The van der Waals surface area contributed by atoms with Crippen LogP contribution in [0.2, 0.25) is 0 Å². The van der Waals surface area contributed by atoms with Gasteiger partial charge in [0.25, 0.3) is 0 Å². The minimum atomic E-state index is -0.383. The molecule has 16 heavy (non-hydrogen) atoms. The van der Waals surface area contributed by atoms with Gasteiger partial charge in [-0.25, -0.2) is 9.18 Å². The lowest BCUT2D eigenvalue weighted by atomic mass is 10.3. The van der Waals surface area contributed by atoms with Crippen LogP contribution in [0, 0.1) is 5.82 Å². The number of benzene rings is 1. The fourth-order valence-electron chi connectivity index (χ4n) is 2.31. The standard InChI is InChI=1S/C11H12FN3O/c12-7-3-1-4-8-10(7)14-11(16)15(8)9-5-2-6-13-9/h1,3-4,9,13H,2,5-6H2,(H,14,16). The van der Waals surface area contributed by atoms with E-state index in [1.807, 2.05) is 0 Å². The zero-order valence-electron chi connectivity index (χ0n) is 8.66. The van der Waals surface area contributed by atoms with Gasteiger partial charge in [-0.3, -0.25) is 9.88 Å². The summed E-state index contributed by atoms with van der Waals surface area (Å²) < 4.78 is 15.1. The summed E-state index contributed by atoms with van der Waals surface area (Å²) in [5, 5.41) is 3.23. The van der Waals surface area contributed by atoms with Gasteiger partial charge in [0.05, 0.1) is 11.7 Å². The number of para-hydroxylation sites is 1. The predicted octanol–water partition coefficient (Wildman–Crippen LogP) is 1.35. The molecule has 1 fully saturated rings. The van der Waals surface area contributed by atoms with Gasteiger partial charge in [-0.1, -0.05) is 6.07 Å². The lowest BCUT2D eigenvalue weighted by Gasteiger charge is -2.11. The summed E-state index contributed by atoms with van der Waals surface area (Å²) in [6.07, 6.45) is 1.94. The highest BCUT2D eigenvalue weighted by molar-refractivity contribution is 5.75. The minimum absolute atomic E-state index is 0.0111. The van der Waals surface area contributed by atoms with Crippen LogP contribution in [0.25, 0.3) is 11.0 Å². The van der Waals surface area contributed by atoms with E-state index >= 15 is 0 Å². The maximum absolute atomic E-state index is 13.5. The van der Waals surface area contributed by atoms with Gasteiger partial charge < -0.3 is 4.98 Å². The van der Waals surface area contributed by atoms with E-state index in [2.05, 4.69) is 10.3 Å². The fourth-order valence-corrected chi connectivity index (χ4v) is 2.31. The second kappa shape index (κ2) is 3.45. The molecule has 1 aromatic carbocycles. The van der Waals surface area contributed by atoms with Crippen LogP contribution in [0.1, 0.15) is 19.0 Å². The van der Waals surface area contributed by atoms with Crippen molar-refractivity contribution in [1.29, 1.82) is 0 Å². The van der Waals surface area contributed by atoms with Crippen LogP contribution in [0.5, 0.6) is 0 Å². The molecule has 4 nitrogen and oxygen atoms in total. The summed E-state index contributed by atoms with van der Waals surface area (Å²) in [5.41, 5.74) is 0.671. The van der Waals surface area contributed by atoms with Gasteiger partial charge in [-0.2, -0.15) is 0 Å². The number of fused-ring (bicyclic) bond motifs is 1. The third-order valence-corrected chi connectivity index (χ3v) is 3.05. The molecule has 1 unspecified atom stereocenters. The largest absolute Gasteiger partial charge is 0.327 e. The van der Waals surface area contributed by atoms with Crippen LogP contribution in [0.15, 0.2) is 23.0 Å². The molecule has 0 bridgehead atoms. The second-order valence-electron chi connectivity index (χ2n) is 4.05. The lowest BCUT2D eigenvalue weighted by Crippen LogP contribution is -2.28. The summed E-state index contributed by atoms with van der Waals surface area (Å²) in [5.74, 6) is -0.383. The Balaban J connectivity index is 2.27.